The molecule has 0 saturated heterocycles. The molecule has 1 aromatic carbocycles. The van der Waals surface area contributed by atoms with Gasteiger partial charge in [0.05, 0.1) is 45.6 Å². The number of carbonyl (C=O) groups is 1. The molecule has 4 heterocycles. The molecule has 0 saturated carbocycles. The van der Waals surface area contributed by atoms with E-state index in [2.05, 4.69) is 21.2 Å². The maximum atomic E-state index is 14.9. The predicted molar refractivity (Wildman–Crippen MR) is 128 cm³/mol. The number of nitrogens with one attached hydrogen (secondary N) is 1. The molecule has 1 amide bonds. The Morgan fingerprint density at radius 1 is 1.12 bits per heavy atom. The summed E-state index contributed by atoms with van der Waals surface area (Å²) in [4.78, 5) is 23.2. The van der Waals surface area contributed by atoms with Gasteiger partial charge in [-0.15, -0.1) is 6.42 Å². The van der Waals surface area contributed by atoms with Crippen molar-refractivity contribution in [3.63, 3.8) is 0 Å². The van der Waals surface area contributed by atoms with Crippen molar-refractivity contribution in [2.75, 3.05) is 10.2 Å². The second kappa shape index (κ2) is 8.82. The molecule has 0 fully saturated rings. The lowest BCUT2D eigenvalue weighted by Gasteiger charge is -2.18. The summed E-state index contributed by atoms with van der Waals surface area (Å²) in [7, 11) is 0. The van der Waals surface area contributed by atoms with Crippen LogP contribution in [0.2, 0.25) is 10.0 Å². The number of furan rings is 1. The normalized spacial score (nSPS) is 12.4. The Balaban J connectivity index is 1.36. The monoisotopic (exact) mass is 492 g/mol. The number of hydrogen-bond donors (Lipinski definition) is 1. The van der Waals surface area contributed by atoms with E-state index >= 15 is 0 Å². The highest BCUT2D eigenvalue weighted by Gasteiger charge is 2.24. The number of aromatic nitrogens is 2. The SMILES string of the molecule is C#Cc1cnccc1-c1cc(Cl)c(C(=O)Nc2cnc(N3Cc4cocc4C3)c(Cl)c2)cc1F. The van der Waals surface area contributed by atoms with Crippen LogP contribution in [-0.4, -0.2) is 15.9 Å². The lowest BCUT2D eigenvalue weighted by Crippen LogP contribution is -2.17. The Hall–Kier alpha value is -3.86. The first kappa shape index (κ1) is 22.0. The number of benzene rings is 1. The average molecular weight is 493 g/mol. The van der Waals surface area contributed by atoms with Crippen LogP contribution in [0.15, 0.2) is 59.8 Å². The first-order valence-electron chi connectivity index (χ1n) is 10.1. The van der Waals surface area contributed by atoms with Gasteiger partial charge in [-0.3, -0.25) is 9.78 Å². The van der Waals surface area contributed by atoms with Crippen LogP contribution in [0, 0.1) is 18.2 Å². The van der Waals surface area contributed by atoms with E-state index in [1.807, 2.05) is 4.90 Å². The summed E-state index contributed by atoms with van der Waals surface area (Å²) in [6.45, 7) is 1.26. The highest BCUT2D eigenvalue weighted by atomic mass is 35.5. The highest BCUT2D eigenvalue weighted by molar-refractivity contribution is 6.35. The molecule has 1 aliphatic rings. The Bertz CT molecular complexity index is 1460. The number of carbonyl (C=O) groups excluding carboxylic acids is 1. The van der Waals surface area contributed by atoms with Gasteiger partial charge in [-0.05, 0) is 24.3 Å². The minimum atomic E-state index is -0.643. The summed E-state index contributed by atoms with van der Waals surface area (Å²) in [6.07, 6.45) is 13.3. The molecule has 1 aliphatic heterocycles. The van der Waals surface area contributed by atoms with Gasteiger partial charge < -0.3 is 14.6 Å². The van der Waals surface area contributed by atoms with Crippen molar-refractivity contribution in [1.29, 1.82) is 0 Å². The van der Waals surface area contributed by atoms with Crippen molar-refractivity contribution in [2.24, 2.45) is 0 Å². The Labute approximate surface area is 204 Å². The molecule has 6 nitrogen and oxygen atoms in total. The first-order chi connectivity index (χ1) is 16.4. The van der Waals surface area contributed by atoms with Gasteiger partial charge in [-0.1, -0.05) is 29.1 Å². The topological polar surface area (TPSA) is 71.3 Å². The van der Waals surface area contributed by atoms with Crippen LogP contribution >= 0.6 is 23.2 Å². The van der Waals surface area contributed by atoms with E-state index in [-0.39, 0.29) is 16.1 Å². The highest BCUT2D eigenvalue weighted by Crippen LogP contribution is 2.34. The summed E-state index contributed by atoms with van der Waals surface area (Å²) in [5.74, 6) is 1.81. The van der Waals surface area contributed by atoms with Gasteiger partial charge in [0.15, 0.2) is 0 Å². The predicted octanol–water partition coefficient (Wildman–Crippen LogP) is 5.94. The summed E-state index contributed by atoms with van der Waals surface area (Å²) in [5.41, 5.74) is 3.52. The fraction of sp³-hybridized carbons (Fsp3) is 0.0800. The molecule has 168 valence electrons. The zero-order chi connectivity index (χ0) is 23.8. The van der Waals surface area contributed by atoms with Crippen LogP contribution in [-0.2, 0) is 13.1 Å². The standard InChI is InChI=1S/C25H15Cl2FN4O2/c1-2-14-8-29-4-3-18(14)19-6-21(26)20(7-23(19)28)25(33)31-17-5-22(27)24(30-9-17)32-10-15-12-34-13-16(15)11-32/h1,3-9,12-13H,10-11H2,(H,31,33). The van der Waals surface area contributed by atoms with Crippen LogP contribution in [0.5, 0.6) is 0 Å². The average Bonchev–Trinajstić information content (AvgIpc) is 3.43. The molecular formula is C25H15Cl2FN4O2. The van der Waals surface area contributed by atoms with Gasteiger partial charge >= 0.3 is 0 Å². The summed E-state index contributed by atoms with van der Waals surface area (Å²) < 4.78 is 20.1. The van der Waals surface area contributed by atoms with Crippen LogP contribution in [0.3, 0.4) is 0 Å². The van der Waals surface area contributed by atoms with Gasteiger partial charge in [-0.25, -0.2) is 9.37 Å². The molecular weight excluding hydrogens is 478 g/mol. The third-order valence-corrected chi connectivity index (χ3v) is 6.09. The number of anilines is 2. The van der Waals surface area contributed by atoms with Crippen molar-refractivity contribution < 1.29 is 13.6 Å². The van der Waals surface area contributed by atoms with E-state index in [1.54, 1.807) is 24.7 Å². The van der Waals surface area contributed by atoms with Crippen LogP contribution in [0.1, 0.15) is 27.0 Å². The van der Waals surface area contributed by atoms with Gasteiger partial charge in [-0.2, -0.15) is 0 Å². The second-order valence-electron chi connectivity index (χ2n) is 7.64. The van der Waals surface area contributed by atoms with Crippen molar-refractivity contribution in [3.05, 3.63) is 93.5 Å². The molecule has 0 radical (unpaired) electrons. The maximum Gasteiger partial charge on any atom is 0.257 e. The zero-order valence-corrected chi connectivity index (χ0v) is 19.0. The van der Waals surface area contributed by atoms with E-state index in [0.717, 1.165) is 17.2 Å². The third kappa shape index (κ3) is 3.98. The molecule has 4 aromatic rings. The number of nitrogens with zero attached hydrogens (tertiary/aromatic N) is 3. The number of pyridine rings is 2. The Morgan fingerprint density at radius 2 is 1.88 bits per heavy atom. The number of amides is 1. The van der Waals surface area contributed by atoms with Crippen molar-refractivity contribution in [1.82, 2.24) is 9.97 Å². The van der Waals surface area contributed by atoms with E-state index < -0.39 is 11.7 Å². The molecule has 0 bridgehead atoms. The molecule has 1 N–H and O–H groups in total. The van der Waals surface area contributed by atoms with Crippen LogP contribution < -0.4 is 10.2 Å². The molecule has 34 heavy (non-hydrogen) atoms. The third-order valence-electron chi connectivity index (χ3n) is 5.50. The number of fused-ring (bicyclic) bond motifs is 1. The van der Waals surface area contributed by atoms with Gasteiger partial charge in [0.1, 0.15) is 11.6 Å². The van der Waals surface area contributed by atoms with E-state index in [1.165, 1.54) is 24.7 Å². The number of halogens is 3. The molecule has 0 aliphatic carbocycles. The van der Waals surface area contributed by atoms with Crippen molar-refractivity contribution in [2.45, 2.75) is 13.1 Å². The molecule has 0 unspecified atom stereocenters. The molecule has 3 aromatic heterocycles. The second-order valence-corrected chi connectivity index (χ2v) is 8.45. The first-order valence-corrected chi connectivity index (χ1v) is 10.9. The molecule has 0 atom stereocenters. The largest absolute Gasteiger partial charge is 0.472 e. The lowest BCUT2D eigenvalue weighted by atomic mass is 10.00. The Kier molecular flexibility index (Phi) is 5.70. The maximum absolute atomic E-state index is 14.9. The molecule has 9 heteroatoms. The van der Waals surface area contributed by atoms with Crippen molar-refractivity contribution >= 4 is 40.6 Å². The number of rotatable bonds is 4. The quantitative estimate of drug-likeness (QED) is 0.357. The van der Waals surface area contributed by atoms with Crippen molar-refractivity contribution in [3.8, 4) is 23.5 Å². The van der Waals surface area contributed by atoms with Gasteiger partial charge in [0, 0.05) is 47.7 Å². The minimum absolute atomic E-state index is 0.0364. The summed E-state index contributed by atoms with van der Waals surface area (Å²) in [6, 6.07) is 5.62. The molecule has 0 spiro atoms. The lowest BCUT2D eigenvalue weighted by molar-refractivity contribution is 0.102. The smallest absolute Gasteiger partial charge is 0.257 e. The number of hydrogen-bond acceptors (Lipinski definition) is 5. The molecule has 5 rings (SSSR count). The fourth-order valence-corrected chi connectivity index (χ4v) is 4.38. The fourth-order valence-electron chi connectivity index (χ4n) is 3.85. The zero-order valence-electron chi connectivity index (χ0n) is 17.5. The Morgan fingerprint density at radius 3 is 2.59 bits per heavy atom. The van der Waals surface area contributed by atoms with E-state index in [0.29, 0.717) is 40.7 Å². The van der Waals surface area contributed by atoms with Crippen LogP contribution in [0.4, 0.5) is 15.9 Å². The summed E-state index contributed by atoms with van der Waals surface area (Å²) in [5, 5.41) is 3.10. The van der Waals surface area contributed by atoms with E-state index in [4.69, 9.17) is 34.0 Å². The number of terminal acetylenes is 1. The van der Waals surface area contributed by atoms with Gasteiger partial charge in [0.25, 0.3) is 5.91 Å². The van der Waals surface area contributed by atoms with Gasteiger partial charge in [0.2, 0.25) is 0 Å². The minimum Gasteiger partial charge on any atom is -0.472 e. The van der Waals surface area contributed by atoms with Crippen LogP contribution in [0.25, 0.3) is 11.1 Å². The summed E-state index contributed by atoms with van der Waals surface area (Å²) >= 11 is 12.8. The van der Waals surface area contributed by atoms with E-state index in [9.17, 15) is 9.18 Å².